The van der Waals surface area contributed by atoms with Crippen LogP contribution >= 0.6 is 0 Å². The van der Waals surface area contributed by atoms with Crippen molar-refractivity contribution in [2.45, 2.75) is 57.1 Å². The highest BCUT2D eigenvalue weighted by molar-refractivity contribution is 6.21. The van der Waals surface area contributed by atoms with Crippen LogP contribution in [0.5, 0.6) is 0 Å². The number of carbonyl (C=O) groups excluding carboxylic acids is 3. The SMILES string of the molecule is C[N+](C)(CCCCCN1CCC(OC(=O)NC(c2ccccc2)c2ccccc2)CC1)CCCCN1C(=O)c2ccccc2C1=O. The van der Waals surface area contributed by atoms with E-state index in [1.165, 1.54) is 24.2 Å². The van der Waals surface area contributed by atoms with Gasteiger partial charge < -0.3 is 19.4 Å². The topological polar surface area (TPSA) is 79.0 Å². The summed E-state index contributed by atoms with van der Waals surface area (Å²) in [5, 5.41) is 3.10. The van der Waals surface area contributed by atoms with Gasteiger partial charge in [0.25, 0.3) is 11.8 Å². The first kappa shape index (κ1) is 33.4. The fourth-order valence-electron chi connectivity index (χ4n) is 6.62. The van der Waals surface area contributed by atoms with Crippen molar-refractivity contribution < 1.29 is 23.6 Å². The zero-order valence-corrected chi connectivity index (χ0v) is 27.4. The number of nitrogens with one attached hydrogen (secondary N) is 1. The van der Waals surface area contributed by atoms with Crippen molar-refractivity contribution in [2.75, 3.05) is 53.4 Å². The Morgan fingerprint density at radius 2 is 1.24 bits per heavy atom. The molecule has 2 aliphatic rings. The molecule has 2 heterocycles. The standard InChI is InChI=1S/C38H48N4O4/c1-42(2,29-15-13-25-41-36(43)33-20-10-11-21-34(33)37(41)44)28-14-5-12-24-40-26-22-32(23-27-40)46-38(45)39-35(30-16-6-3-7-17-30)31-18-8-4-9-19-31/h3-4,6-11,16-21,32,35H,5,12-15,22-29H2,1-2H3/p+1. The zero-order valence-electron chi connectivity index (χ0n) is 27.4. The Kier molecular flexibility index (Phi) is 11.6. The van der Waals surface area contributed by atoms with E-state index in [4.69, 9.17) is 4.74 Å². The number of likely N-dealkylation sites (tertiary alicyclic amines) is 1. The van der Waals surface area contributed by atoms with Gasteiger partial charge in [0.2, 0.25) is 0 Å². The van der Waals surface area contributed by atoms with Gasteiger partial charge in [0.1, 0.15) is 6.10 Å². The van der Waals surface area contributed by atoms with Crippen molar-refractivity contribution >= 4 is 17.9 Å². The molecule has 0 saturated carbocycles. The fourth-order valence-corrected chi connectivity index (χ4v) is 6.62. The van der Waals surface area contributed by atoms with Crippen LogP contribution in [0.3, 0.4) is 0 Å². The molecule has 244 valence electrons. The summed E-state index contributed by atoms with van der Waals surface area (Å²) in [4.78, 5) is 42.0. The summed E-state index contributed by atoms with van der Waals surface area (Å²) >= 11 is 0. The summed E-state index contributed by atoms with van der Waals surface area (Å²) in [5.41, 5.74) is 3.12. The number of piperidine rings is 1. The smallest absolute Gasteiger partial charge is 0.408 e. The van der Waals surface area contributed by atoms with Gasteiger partial charge in [-0.05, 0) is 74.8 Å². The number of imide groups is 1. The lowest BCUT2D eigenvalue weighted by Crippen LogP contribution is -2.42. The molecule has 1 fully saturated rings. The van der Waals surface area contributed by atoms with Gasteiger partial charge in [0.15, 0.2) is 0 Å². The molecule has 0 bridgehead atoms. The third-order valence-electron chi connectivity index (χ3n) is 9.35. The third kappa shape index (κ3) is 9.04. The lowest BCUT2D eigenvalue weighted by atomic mass is 9.99. The number of rotatable bonds is 15. The Bertz CT molecular complexity index is 1360. The number of nitrogens with zero attached hydrogens (tertiary/aromatic N) is 3. The number of unbranched alkanes of at least 4 members (excludes halogenated alkanes) is 3. The van der Waals surface area contributed by atoms with Crippen molar-refractivity contribution in [3.05, 3.63) is 107 Å². The maximum Gasteiger partial charge on any atom is 0.408 e. The lowest BCUT2D eigenvalue weighted by Gasteiger charge is -2.32. The minimum absolute atomic E-state index is 0.0569. The highest BCUT2D eigenvalue weighted by Crippen LogP contribution is 2.24. The molecule has 0 atom stereocenters. The fraction of sp³-hybridized carbons (Fsp3) is 0.447. The Morgan fingerprint density at radius 3 is 1.80 bits per heavy atom. The maximum absolute atomic E-state index is 12.9. The highest BCUT2D eigenvalue weighted by Gasteiger charge is 2.34. The van der Waals surface area contributed by atoms with E-state index in [9.17, 15) is 14.4 Å². The second-order valence-corrected chi connectivity index (χ2v) is 13.3. The van der Waals surface area contributed by atoms with Crippen LogP contribution in [0.15, 0.2) is 84.9 Å². The van der Waals surface area contributed by atoms with Gasteiger partial charge in [-0.3, -0.25) is 14.5 Å². The van der Waals surface area contributed by atoms with E-state index in [1.54, 1.807) is 12.1 Å². The van der Waals surface area contributed by atoms with E-state index in [0.29, 0.717) is 17.7 Å². The summed E-state index contributed by atoms with van der Waals surface area (Å²) in [7, 11) is 4.54. The first-order valence-corrected chi connectivity index (χ1v) is 16.9. The summed E-state index contributed by atoms with van der Waals surface area (Å²) in [6.07, 6.45) is 6.65. The van der Waals surface area contributed by atoms with E-state index in [0.717, 1.165) is 74.0 Å². The second kappa shape index (κ2) is 16.0. The molecule has 0 spiro atoms. The molecule has 0 unspecified atom stereocenters. The normalized spacial score (nSPS) is 15.8. The summed E-state index contributed by atoms with van der Waals surface area (Å²) in [6, 6.07) is 26.9. The van der Waals surface area contributed by atoms with Gasteiger partial charge in [-0.15, -0.1) is 0 Å². The maximum atomic E-state index is 12.9. The summed E-state index contributed by atoms with van der Waals surface area (Å²) < 4.78 is 6.82. The van der Waals surface area contributed by atoms with Crippen LogP contribution in [0.2, 0.25) is 0 Å². The largest absolute Gasteiger partial charge is 0.446 e. The quantitative estimate of drug-likeness (QED) is 0.122. The van der Waals surface area contributed by atoms with Gasteiger partial charge in [-0.25, -0.2) is 4.79 Å². The van der Waals surface area contributed by atoms with Crippen molar-refractivity contribution in [3.63, 3.8) is 0 Å². The molecule has 3 amide bonds. The Balaban J connectivity index is 0.931. The number of hydrogen-bond acceptors (Lipinski definition) is 5. The molecular weight excluding hydrogens is 576 g/mol. The summed E-state index contributed by atoms with van der Waals surface area (Å²) in [6.45, 7) is 5.62. The second-order valence-electron chi connectivity index (χ2n) is 13.3. The van der Waals surface area contributed by atoms with E-state index >= 15 is 0 Å². The number of fused-ring (bicyclic) bond motifs is 1. The number of alkyl carbamates (subject to hydrolysis) is 1. The first-order valence-electron chi connectivity index (χ1n) is 16.9. The van der Waals surface area contributed by atoms with Crippen LogP contribution in [-0.2, 0) is 4.74 Å². The van der Waals surface area contributed by atoms with Crippen LogP contribution < -0.4 is 5.32 Å². The molecule has 0 radical (unpaired) electrons. The number of hydrogen-bond donors (Lipinski definition) is 1. The minimum Gasteiger partial charge on any atom is -0.446 e. The molecule has 0 aromatic heterocycles. The molecule has 2 aliphatic heterocycles. The molecule has 3 aromatic rings. The van der Waals surface area contributed by atoms with Crippen LogP contribution in [0.1, 0.15) is 82.8 Å². The monoisotopic (exact) mass is 625 g/mol. The van der Waals surface area contributed by atoms with Gasteiger partial charge >= 0.3 is 6.09 Å². The van der Waals surface area contributed by atoms with E-state index in [1.807, 2.05) is 72.8 Å². The average Bonchev–Trinajstić information content (AvgIpc) is 3.31. The minimum atomic E-state index is -0.361. The van der Waals surface area contributed by atoms with E-state index in [2.05, 4.69) is 24.3 Å². The lowest BCUT2D eigenvalue weighted by molar-refractivity contribution is -0.890. The molecule has 3 aromatic carbocycles. The van der Waals surface area contributed by atoms with Crippen LogP contribution in [0.25, 0.3) is 0 Å². The van der Waals surface area contributed by atoms with E-state index in [-0.39, 0.29) is 30.1 Å². The average molecular weight is 626 g/mol. The van der Waals surface area contributed by atoms with E-state index < -0.39 is 0 Å². The zero-order chi connectivity index (χ0) is 32.4. The number of carbonyl (C=O) groups is 3. The van der Waals surface area contributed by atoms with Crippen molar-refractivity contribution in [3.8, 4) is 0 Å². The molecule has 8 heteroatoms. The molecule has 1 saturated heterocycles. The predicted octanol–water partition coefficient (Wildman–Crippen LogP) is 6.29. The molecule has 1 N–H and O–H groups in total. The van der Waals surface area contributed by atoms with Crippen molar-refractivity contribution in [2.24, 2.45) is 0 Å². The predicted molar refractivity (Wildman–Crippen MR) is 181 cm³/mol. The van der Waals surface area contributed by atoms with Crippen LogP contribution in [0, 0.1) is 0 Å². The van der Waals surface area contributed by atoms with Gasteiger partial charge in [-0.1, -0.05) is 72.8 Å². The van der Waals surface area contributed by atoms with Crippen molar-refractivity contribution in [1.29, 1.82) is 0 Å². The first-order chi connectivity index (χ1) is 22.3. The highest BCUT2D eigenvalue weighted by atomic mass is 16.6. The molecule has 46 heavy (non-hydrogen) atoms. The molecule has 8 nitrogen and oxygen atoms in total. The van der Waals surface area contributed by atoms with Gasteiger partial charge in [-0.2, -0.15) is 0 Å². The third-order valence-corrected chi connectivity index (χ3v) is 9.35. The molecule has 5 rings (SSSR count). The Hall–Kier alpha value is -4.01. The van der Waals surface area contributed by atoms with Crippen molar-refractivity contribution in [1.82, 2.24) is 15.1 Å². The Morgan fingerprint density at radius 1 is 0.739 bits per heavy atom. The molecule has 0 aliphatic carbocycles. The van der Waals surface area contributed by atoms with Crippen LogP contribution in [-0.4, -0.2) is 91.7 Å². The number of ether oxygens (including phenoxy) is 1. The van der Waals surface area contributed by atoms with Gasteiger partial charge in [0, 0.05) is 19.6 Å². The number of amides is 3. The van der Waals surface area contributed by atoms with Crippen LogP contribution in [0.4, 0.5) is 4.79 Å². The molecular formula is C38H49N4O4+. The number of benzene rings is 3. The van der Waals surface area contributed by atoms with Gasteiger partial charge in [0.05, 0.1) is 44.4 Å². The number of quaternary nitrogens is 1. The Labute approximate surface area is 273 Å². The summed E-state index contributed by atoms with van der Waals surface area (Å²) in [5.74, 6) is -0.320.